The summed E-state index contributed by atoms with van der Waals surface area (Å²) in [6, 6.07) is 20.6. The van der Waals surface area contributed by atoms with Gasteiger partial charge in [0.1, 0.15) is 42.0 Å². The van der Waals surface area contributed by atoms with Crippen molar-refractivity contribution in [2.24, 2.45) is 0 Å². The molecular weight excluding hydrogens is 815 g/mol. The topological polar surface area (TPSA) is 123 Å². The van der Waals surface area contributed by atoms with Crippen molar-refractivity contribution < 1.29 is 28.5 Å². The van der Waals surface area contributed by atoms with Gasteiger partial charge in [0.25, 0.3) is 0 Å². The van der Waals surface area contributed by atoms with E-state index in [1.54, 1.807) is 24.4 Å². The van der Waals surface area contributed by atoms with Gasteiger partial charge in [0.15, 0.2) is 18.2 Å². The molecule has 2 aliphatic rings. The fourth-order valence-corrected chi connectivity index (χ4v) is 8.93. The molecule has 1 saturated heterocycles. The van der Waals surface area contributed by atoms with Gasteiger partial charge in [-0.05, 0) is 66.1 Å². The third-order valence-electron chi connectivity index (χ3n) is 11.0. The zero-order valence-corrected chi connectivity index (χ0v) is 35.5. The summed E-state index contributed by atoms with van der Waals surface area (Å²) in [5, 5.41) is 11.0. The number of ether oxygens (including phenoxy) is 3. The molecule has 1 aliphatic carbocycles. The van der Waals surface area contributed by atoms with Crippen LogP contribution in [0, 0.1) is 6.92 Å². The number of halogens is 2. The van der Waals surface area contributed by atoms with Gasteiger partial charge >= 0.3 is 0 Å². The van der Waals surface area contributed by atoms with Gasteiger partial charge in [0.2, 0.25) is 5.88 Å². The predicted molar refractivity (Wildman–Crippen MR) is 237 cm³/mol. The molecule has 14 heteroatoms. The third kappa shape index (κ3) is 9.66. The predicted octanol–water partition coefficient (Wildman–Crippen LogP) is 8.35. The summed E-state index contributed by atoms with van der Waals surface area (Å²) in [5.41, 5.74) is 6.12. The van der Waals surface area contributed by atoms with Crippen LogP contribution in [0.15, 0.2) is 97.5 Å². The summed E-state index contributed by atoms with van der Waals surface area (Å²) in [6.07, 6.45) is 7.53. The van der Waals surface area contributed by atoms with Crippen molar-refractivity contribution >= 4 is 45.0 Å². The summed E-state index contributed by atoms with van der Waals surface area (Å²) < 4.78 is 33.4. The van der Waals surface area contributed by atoms with Gasteiger partial charge in [-0.1, -0.05) is 72.3 Å². The molecule has 1 N–H and O–H groups in total. The molecule has 1 aliphatic heterocycles. The molecule has 61 heavy (non-hydrogen) atoms. The lowest BCUT2D eigenvalue weighted by Crippen LogP contribution is -2.45. The lowest BCUT2D eigenvalue weighted by molar-refractivity contribution is -0.113. The minimum absolute atomic E-state index is 0.131. The number of aliphatic hydroxyl groups excluding tert-OH is 1. The lowest BCUT2D eigenvalue weighted by atomic mass is 9.94. The first-order valence-corrected chi connectivity index (χ1v) is 21.5. The Morgan fingerprint density at radius 2 is 1.77 bits per heavy atom. The first-order chi connectivity index (χ1) is 29.8. The molecule has 0 bridgehead atoms. The van der Waals surface area contributed by atoms with Crippen LogP contribution in [0.25, 0.3) is 38.3 Å². The van der Waals surface area contributed by atoms with Gasteiger partial charge < -0.3 is 24.2 Å². The van der Waals surface area contributed by atoms with Crippen molar-refractivity contribution in [2.75, 3.05) is 46.4 Å². The number of para-hydroxylation sites is 1. The molecule has 0 amide bonds. The van der Waals surface area contributed by atoms with Crippen molar-refractivity contribution in [3.63, 3.8) is 0 Å². The number of hydrogen-bond donors (Lipinski definition) is 1. The van der Waals surface area contributed by atoms with Crippen molar-refractivity contribution in [3.05, 3.63) is 130 Å². The minimum Gasteiger partial charge on any atom is -0.491 e. The maximum absolute atomic E-state index is 14.3. The highest BCUT2D eigenvalue weighted by molar-refractivity contribution is 7.20. The number of benzene rings is 3. The van der Waals surface area contributed by atoms with Gasteiger partial charge in [-0.25, -0.2) is 24.3 Å². The Bertz CT molecular complexity index is 2580. The number of thiophene rings is 1. The number of aldehydes is 1. The number of nitrogens with zero attached hydrogens (tertiary/aromatic N) is 6. The van der Waals surface area contributed by atoms with Crippen LogP contribution in [0.5, 0.6) is 17.4 Å². The number of allylic oxidation sites excluding steroid dienone is 4. The SMILES string of the molecule is Cc1c(-c2c(C3=CCC(F)C=C3)sc3ncnc(OC(C=O)Cc4ccccc4OCc4ccnc(-c5ccccc5CO)n4)c23)ccc(OCCN2CCN(C)CC2)c1Cl. The Morgan fingerprint density at radius 1 is 0.967 bits per heavy atom. The highest BCUT2D eigenvalue weighted by atomic mass is 35.5. The Morgan fingerprint density at radius 3 is 2.56 bits per heavy atom. The van der Waals surface area contributed by atoms with Gasteiger partial charge in [-0.3, -0.25) is 9.69 Å². The van der Waals surface area contributed by atoms with E-state index in [-0.39, 0.29) is 31.9 Å². The largest absolute Gasteiger partial charge is 0.491 e. The molecule has 0 saturated carbocycles. The number of carbonyl (C=O) groups is 1. The second-order valence-electron chi connectivity index (χ2n) is 15.1. The number of fused-ring (bicyclic) bond motifs is 1. The molecule has 1 fully saturated rings. The van der Waals surface area contributed by atoms with E-state index in [0.29, 0.717) is 44.9 Å². The van der Waals surface area contributed by atoms with Crippen molar-refractivity contribution in [3.8, 4) is 39.9 Å². The standard InChI is InChI=1S/C47H46ClFN6O5S/c1-30-37(15-16-40(43(30)48)58-24-23-55-21-19-54(2)20-22-55)41-42-46(51-29-52-47(42)61-44(41)31-11-13-34(49)14-12-31)60-36(27-57)25-32-7-4-6-10-39(32)59-28-35-17-18-50-45(53-35)38-9-5-3-8-33(38)26-56/h3-13,15-18,27,29,34,36,56H,14,19-26,28H2,1-2H3. The Kier molecular flexibility index (Phi) is 13.4. The number of rotatable bonds is 16. The van der Waals surface area contributed by atoms with Crippen LogP contribution in [-0.4, -0.2) is 99.8 Å². The summed E-state index contributed by atoms with van der Waals surface area (Å²) in [6.45, 7) is 7.33. The smallest absolute Gasteiger partial charge is 0.226 e. The molecule has 2 atom stereocenters. The zero-order chi connectivity index (χ0) is 42.3. The summed E-state index contributed by atoms with van der Waals surface area (Å²) in [5.74, 6) is 1.89. The van der Waals surface area contributed by atoms with Crippen molar-refractivity contribution in [1.82, 2.24) is 29.7 Å². The molecule has 6 aromatic rings. The first-order valence-electron chi connectivity index (χ1n) is 20.3. The zero-order valence-electron chi connectivity index (χ0n) is 34.0. The number of alkyl halides is 1. The number of aliphatic hydroxyl groups is 1. The normalized spacial score (nSPS) is 16.3. The van der Waals surface area contributed by atoms with E-state index in [0.717, 1.165) is 82.8 Å². The molecule has 2 unspecified atom stereocenters. The van der Waals surface area contributed by atoms with Gasteiger partial charge in [0.05, 0.1) is 22.7 Å². The maximum atomic E-state index is 14.3. The molecule has 3 aromatic heterocycles. The molecule has 314 valence electrons. The number of piperazine rings is 1. The fourth-order valence-electron chi connectivity index (χ4n) is 7.54. The van der Waals surface area contributed by atoms with Crippen LogP contribution in [-0.2, 0) is 24.4 Å². The van der Waals surface area contributed by atoms with Crippen LogP contribution < -0.4 is 14.2 Å². The summed E-state index contributed by atoms with van der Waals surface area (Å²) in [4.78, 5) is 37.4. The molecule has 3 aromatic carbocycles. The quantitative estimate of drug-likeness (QED) is 0.0946. The highest BCUT2D eigenvalue weighted by Crippen LogP contribution is 2.48. The van der Waals surface area contributed by atoms with Crippen LogP contribution in [0.4, 0.5) is 4.39 Å². The number of hydrogen-bond acceptors (Lipinski definition) is 12. The van der Waals surface area contributed by atoms with E-state index in [1.165, 1.54) is 17.7 Å². The number of likely N-dealkylation sites (N-methyl/N-ethyl adjacent to an activating group) is 1. The van der Waals surface area contributed by atoms with Crippen molar-refractivity contribution in [2.45, 2.75) is 45.3 Å². The molecule has 4 heterocycles. The van der Waals surface area contributed by atoms with E-state index >= 15 is 0 Å². The average Bonchev–Trinajstić information content (AvgIpc) is 3.68. The third-order valence-corrected chi connectivity index (χ3v) is 12.6. The second kappa shape index (κ2) is 19.4. The van der Waals surface area contributed by atoms with E-state index in [4.69, 9.17) is 30.8 Å². The summed E-state index contributed by atoms with van der Waals surface area (Å²) >= 11 is 8.52. The van der Waals surface area contributed by atoms with Gasteiger partial charge in [-0.2, -0.15) is 0 Å². The second-order valence-corrected chi connectivity index (χ2v) is 16.4. The van der Waals surface area contributed by atoms with E-state index in [1.807, 2.05) is 73.7 Å². The van der Waals surface area contributed by atoms with Gasteiger partial charge in [-0.15, -0.1) is 11.3 Å². The molecule has 0 radical (unpaired) electrons. The van der Waals surface area contributed by atoms with E-state index < -0.39 is 12.3 Å². The lowest BCUT2D eigenvalue weighted by Gasteiger charge is -2.32. The Labute approximate surface area is 363 Å². The highest BCUT2D eigenvalue weighted by Gasteiger charge is 2.27. The molecular formula is C47H46ClFN6O5S. The number of aromatic nitrogens is 4. The molecule has 0 spiro atoms. The monoisotopic (exact) mass is 860 g/mol. The maximum Gasteiger partial charge on any atom is 0.226 e. The minimum atomic E-state index is -1.06. The first kappa shape index (κ1) is 42.1. The van der Waals surface area contributed by atoms with Crippen LogP contribution in [0.3, 0.4) is 0 Å². The van der Waals surface area contributed by atoms with E-state index in [2.05, 4.69) is 31.8 Å². The fraction of sp³-hybridized carbons (Fsp3) is 0.298. The summed E-state index contributed by atoms with van der Waals surface area (Å²) in [7, 11) is 2.14. The molecule has 8 rings (SSSR count). The Balaban J connectivity index is 1.06. The Hall–Kier alpha value is -5.57. The van der Waals surface area contributed by atoms with Crippen LogP contribution in [0.1, 0.15) is 33.7 Å². The van der Waals surface area contributed by atoms with Crippen molar-refractivity contribution in [1.29, 1.82) is 0 Å². The average molecular weight is 861 g/mol. The number of carbonyl (C=O) groups excluding carboxylic acids is 1. The van der Waals surface area contributed by atoms with Crippen LogP contribution in [0.2, 0.25) is 5.02 Å². The molecule has 11 nitrogen and oxygen atoms in total. The van der Waals surface area contributed by atoms with Crippen LogP contribution >= 0.6 is 22.9 Å². The van der Waals surface area contributed by atoms with Gasteiger partial charge in [0, 0.05) is 67.8 Å². The van der Waals surface area contributed by atoms with E-state index in [9.17, 15) is 14.3 Å².